The van der Waals surface area contributed by atoms with E-state index in [2.05, 4.69) is 18.7 Å². The van der Waals surface area contributed by atoms with Crippen LogP contribution in [-0.4, -0.2) is 78.1 Å². The second kappa shape index (κ2) is 19.2. The highest BCUT2D eigenvalue weighted by molar-refractivity contribution is 6.46. The number of hydrogen-bond acceptors (Lipinski definition) is 6. The predicted molar refractivity (Wildman–Crippen MR) is 124 cm³/mol. The lowest BCUT2D eigenvalue weighted by atomic mass is 10.1. The van der Waals surface area contributed by atoms with E-state index in [4.69, 9.17) is 23.4 Å². The van der Waals surface area contributed by atoms with E-state index in [0.717, 1.165) is 38.9 Å². The summed E-state index contributed by atoms with van der Waals surface area (Å²) in [5, 5.41) is 0. The van der Waals surface area contributed by atoms with Gasteiger partial charge in [0.2, 0.25) is 0 Å². The molecule has 0 amide bonds. The van der Waals surface area contributed by atoms with Gasteiger partial charge >= 0.3 is 18.6 Å². The summed E-state index contributed by atoms with van der Waals surface area (Å²) in [6.07, 6.45) is 9.94. The topological polar surface area (TPSA) is 66.2 Å². The van der Waals surface area contributed by atoms with Gasteiger partial charge in [-0.05, 0) is 62.9 Å². The molecule has 0 aromatic heterocycles. The maximum Gasteiger partial charge on any atom is 0.323 e. The summed E-state index contributed by atoms with van der Waals surface area (Å²) in [6.45, 7) is 8.76. The molecule has 2 unspecified atom stereocenters. The van der Waals surface area contributed by atoms with Crippen LogP contribution >= 0.6 is 0 Å². The Morgan fingerprint density at radius 3 is 1.43 bits per heavy atom. The van der Waals surface area contributed by atoms with Crippen LogP contribution in [0.3, 0.4) is 0 Å². The molecule has 28 heavy (non-hydrogen) atoms. The van der Waals surface area contributed by atoms with Crippen molar-refractivity contribution in [3.8, 4) is 0 Å². The number of nitrogens with two attached hydrogens (primary N) is 1. The van der Waals surface area contributed by atoms with Gasteiger partial charge in [-0.15, -0.1) is 0 Å². The van der Waals surface area contributed by atoms with Crippen molar-refractivity contribution in [2.75, 3.05) is 54.6 Å². The molecule has 0 aromatic rings. The Balaban J connectivity index is 4.40. The van der Waals surface area contributed by atoms with E-state index in [9.17, 15) is 0 Å². The fourth-order valence-corrected chi connectivity index (χ4v) is 6.77. The van der Waals surface area contributed by atoms with Crippen molar-refractivity contribution >= 4 is 18.6 Å². The van der Waals surface area contributed by atoms with Gasteiger partial charge in [-0.25, -0.2) is 0 Å². The normalized spacial score (nSPS) is 14.4. The van der Waals surface area contributed by atoms with Crippen LogP contribution in [0.4, 0.5) is 0 Å². The van der Waals surface area contributed by atoms with Gasteiger partial charge in [0.05, 0.1) is 0 Å². The summed E-state index contributed by atoms with van der Waals surface area (Å²) >= 11 is 0. The summed E-state index contributed by atoms with van der Waals surface area (Å²) in [7, 11) is 4.05. The van der Waals surface area contributed by atoms with Gasteiger partial charge in [0.25, 0.3) is 0 Å². The molecule has 0 heterocycles. The van der Waals surface area contributed by atoms with Crippen LogP contribution in [0, 0.1) is 0 Å². The van der Waals surface area contributed by atoms with Crippen molar-refractivity contribution in [2.24, 2.45) is 5.73 Å². The molecular weight excluding hydrogens is 388 g/mol. The van der Waals surface area contributed by atoms with Gasteiger partial charge < -0.3 is 28.3 Å². The van der Waals surface area contributed by atoms with E-state index in [0.29, 0.717) is 11.1 Å². The Hall–Kier alpha value is 0.194. The SMILES string of the molecule is CO[SiH](OC)C(C)CCN(CCCCCCCCN)CCC(C)[SiH](OC)OC. The first-order chi connectivity index (χ1) is 13.5. The van der Waals surface area contributed by atoms with Gasteiger partial charge in [0, 0.05) is 28.4 Å². The van der Waals surface area contributed by atoms with E-state index >= 15 is 0 Å². The van der Waals surface area contributed by atoms with Crippen molar-refractivity contribution in [2.45, 2.75) is 76.3 Å². The molecule has 0 spiro atoms. The summed E-state index contributed by atoms with van der Waals surface area (Å²) in [4.78, 5) is 2.63. The minimum Gasteiger partial charge on any atom is -0.400 e. The molecule has 0 radical (unpaired) electrons. The fraction of sp³-hybridized carbons (Fsp3) is 1.00. The zero-order chi connectivity index (χ0) is 21.2. The zero-order valence-corrected chi connectivity index (χ0v) is 21.8. The molecule has 6 nitrogen and oxygen atoms in total. The van der Waals surface area contributed by atoms with Crippen molar-refractivity contribution < 1.29 is 17.7 Å². The quantitative estimate of drug-likeness (QED) is 0.234. The highest BCUT2D eigenvalue weighted by atomic mass is 28.3. The van der Waals surface area contributed by atoms with Crippen molar-refractivity contribution in [3.63, 3.8) is 0 Å². The van der Waals surface area contributed by atoms with Crippen LogP contribution in [0.2, 0.25) is 11.1 Å². The Bertz CT molecular complexity index is 313. The third-order valence-electron chi connectivity index (χ3n) is 5.59. The molecule has 0 saturated heterocycles. The Labute approximate surface area is 178 Å². The predicted octanol–water partition coefficient (Wildman–Crippen LogP) is 3.17. The first-order valence-corrected chi connectivity index (χ1v) is 14.3. The molecule has 0 saturated carbocycles. The monoisotopic (exact) mass is 436 g/mol. The zero-order valence-electron chi connectivity index (χ0n) is 19.5. The molecule has 8 heteroatoms. The Kier molecular flexibility index (Phi) is 19.3. The molecule has 2 N–H and O–H groups in total. The first kappa shape index (κ1) is 28.2. The second-order valence-corrected chi connectivity index (χ2v) is 13.6. The number of hydrogen-bond donors (Lipinski definition) is 1. The lowest BCUT2D eigenvalue weighted by molar-refractivity contribution is 0.228. The maximum absolute atomic E-state index is 5.57. The highest BCUT2D eigenvalue weighted by Gasteiger charge is 2.22. The molecule has 0 aliphatic rings. The van der Waals surface area contributed by atoms with Gasteiger partial charge in [0.1, 0.15) is 0 Å². The molecule has 0 aliphatic carbocycles. The van der Waals surface area contributed by atoms with E-state index < -0.39 is 18.6 Å². The third kappa shape index (κ3) is 13.4. The lowest BCUT2D eigenvalue weighted by Crippen LogP contribution is -2.33. The van der Waals surface area contributed by atoms with Crippen molar-refractivity contribution in [1.82, 2.24) is 4.90 Å². The molecule has 0 fully saturated rings. The standard InChI is InChI=1S/C20H48N2O4Si2/c1-19(27(23-3)24-4)13-17-22(16-12-10-8-7-9-11-15-21)18-14-20(2)28(25-5)26-6/h19-20,27-28H,7-18,21H2,1-6H3. The molecule has 170 valence electrons. The molecule has 2 atom stereocenters. The van der Waals surface area contributed by atoms with Crippen LogP contribution in [-0.2, 0) is 17.7 Å². The van der Waals surface area contributed by atoms with Crippen LogP contribution in [0.1, 0.15) is 65.2 Å². The Morgan fingerprint density at radius 2 is 1.04 bits per heavy atom. The van der Waals surface area contributed by atoms with E-state index in [1.807, 2.05) is 0 Å². The van der Waals surface area contributed by atoms with Crippen molar-refractivity contribution in [1.29, 1.82) is 0 Å². The summed E-state index contributed by atoms with van der Waals surface area (Å²) < 4.78 is 22.2. The molecule has 0 bridgehead atoms. The highest BCUT2D eigenvalue weighted by Crippen LogP contribution is 2.19. The van der Waals surface area contributed by atoms with Crippen LogP contribution in [0.25, 0.3) is 0 Å². The first-order valence-electron chi connectivity index (χ1n) is 11.1. The third-order valence-corrected chi connectivity index (χ3v) is 9.97. The van der Waals surface area contributed by atoms with E-state index in [1.54, 1.807) is 28.4 Å². The summed E-state index contributed by atoms with van der Waals surface area (Å²) in [6, 6.07) is 0. The fourth-order valence-electron chi connectivity index (χ4n) is 3.69. The number of unbranched alkanes of at least 4 members (excludes halogenated alkanes) is 5. The average molecular weight is 437 g/mol. The molecule has 0 rings (SSSR count). The largest absolute Gasteiger partial charge is 0.400 e. The lowest BCUT2D eigenvalue weighted by Gasteiger charge is -2.27. The molecular formula is C20H48N2O4Si2. The van der Waals surface area contributed by atoms with E-state index in [1.165, 1.54) is 38.6 Å². The van der Waals surface area contributed by atoms with E-state index in [-0.39, 0.29) is 0 Å². The summed E-state index contributed by atoms with van der Waals surface area (Å²) in [5.74, 6) is 0. The summed E-state index contributed by atoms with van der Waals surface area (Å²) in [5.41, 5.74) is 6.61. The maximum atomic E-state index is 5.57. The van der Waals surface area contributed by atoms with Crippen molar-refractivity contribution in [3.05, 3.63) is 0 Å². The minimum absolute atomic E-state index is 0.520. The minimum atomic E-state index is -1.53. The molecule has 0 aromatic carbocycles. The van der Waals surface area contributed by atoms with Gasteiger partial charge in [-0.2, -0.15) is 0 Å². The second-order valence-electron chi connectivity index (χ2n) is 7.96. The smallest absolute Gasteiger partial charge is 0.323 e. The van der Waals surface area contributed by atoms with Crippen LogP contribution in [0.15, 0.2) is 0 Å². The molecule has 0 aliphatic heterocycles. The van der Waals surface area contributed by atoms with Crippen LogP contribution < -0.4 is 5.73 Å². The number of rotatable bonds is 20. The van der Waals surface area contributed by atoms with Crippen LogP contribution in [0.5, 0.6) is 0 Å². The van der Waals surface area contributed by atoms with Gasteiger partial charge in [-0.1, -0.05) is 39.5 Å². The van der Waals surface area contributed by atoms with Gasteiger partial charge in [0.15, 0.2) is 0 Å². The Morgan fingerprint density at radius 1 is 0.643 bits per heavy atom. The number of nitrogens with zero attached hydrogens (tertiary/aromatic N) is 1. The average Bonchev–Trinajstić information content (AvgIpc) is 2.70. The van der Waals surface area contributed by atoms with Gasteiger partial charge in [-0.3, -0.25) is 0 Å².